The Kier molecular flexibility index (Phi) is 4.96. The number of hydrogen-bond acceptors (Lipinski definition) is 2. The molecule has 0 unspecified atom stereocenters. The van der Waals surface area contributed by atoms with E-state index in [4.69, 9.17) is 34.8 Å². The molecule has 6 heteroatoms. The standard InChI is InChI=1S/C13H15Cl3N2O/c1-18(9-3-2-4-17-7-9)13(19)8-5-10(14)12(16)11(15)6-8/h5-6,9,17H,2-4,7H2,1H3/t9-/m0/s1. The van der Waals surface area contributed by atoms with E-state index < -0.39 is 0 Å². The third kappa shape index (κ3) is 3.34. The van der Waals surface area contributed by atoms with Crippen molar-refractivity contribution in [2.45, 2.75) is 18.9 Å². The molecule has 1 amide bonds. The van der Waals surface area contributed by atoms with Crippen molar-refractivity contribution >= 4 is 40.7 Å². The molecule has 1 aliphatic heterocycles. The third-order valence-corrected chi connectivity index (χ3v) is 4.57. The lowest BCUT2D eigenvalue weighted by Crippen LogP contribution is -2.46. The number of hydrogen-bond donors (Lipinski definition) is 1. The minimum Gasteiger partial charge on any atom is -0.337 e. The van der Waals surface area contributed by atoms with Crippen molar-refractivity contribution in [2.24, 2.45) is 0 Å². The molecule has 0 saturated carbocycles. The molecule has 1 N–H and O–H groups in total. The second kappa shape index (κ2) is 6.31. The summed E-state index contributed by atoms with van der Waals surface area (Å²) in [5.74, 6) is -0.0887. The third-order valence-electron chi connectivity index (χ3n) is 3.37. The van der Waals surface area contributed by atoms with E-state index >= 15 is 0 Å². The number of carbonyl (C=O) groups excluding carboxylic acids is 1. The maximum absolute atomic E-state index is 12.4. The normalized spacial score (nSPS) is 19.3. The monoisotopic (exact) mass is 320 g/mol. The fraction of sp³-hybridized carbons (Fsp3) is 0.462. The Morgan fingerprint density at radius 3 is 2.47 bits per heavy atom. The van der Waals surface area contributed by atoms with E-state index in [2.05, 4.69) is 5.32 Å². The van der Waals surface area contributed by atoms with Gasteiger partial charge in [0.15, 0.2) is 0 Å². The van der Waals surface area contributed by atoms with Crippen LogP contribution >= 0.6 is 34.8 Å². The lowest BCUT2D eigenvalue weighted by atomic mass is 10.1. The summed E-state index contributed by atoms with van der Waals surface area (Å²) in [6, 6.07) is 3.32. The van der Waals surface area contributed by atoms with Gasteiger partial charge in [-0.3, -0.25) is 4.79 Å². The molecule has 1 aliphatic rings. The zero-order valence-electron chi connectivity index (χ0n) is 10.5. The number of piperidine rings is 1. The lowest BCUT2D eigenvalue weighted by molar-refractivity contribution is 0.0708. The quantitative estimate of drug-likeness (QED) is 0.846. The van der Waals surface area contributed by atoms with Crippen LogP contribution in [-0.2, 0) is 0 Å². The lowest BCUT2D eigenvalue weighted by Gasteiger charge is -2.31. The topological polar surface area (TPSA) is 32.3 Å². The number of nitrogens with one attached hydrogen (secondary N) is 1. The largest absolute Gasteiger partial charge is 0.337 e. The Labute approximate surface area is 127 Å². The molecule has 1 fully saturated rings. The number of benzene rings is 1. The van der Waals surface area contributed by atoms with Gasteiger partial charge in [-0.25, -0.2) is 0 Å². The Morgan fingerprint density at radius 2 is 1.95 bits per heavy atom. The molecule has 0 aliphatic carbocycles. The highest BCUT2D eigenvalue weighted by Crippen LogP contribution is 2.31. The summed E-state index contributed by atoms with van der Waals surface area (Å²) in [5, 5.41) is 4.16. The van der Waals surface area contributed by atoms with Crippen LogP contribution in [0.5, 0.6) is 0 Å². The van der Waals surface area contributed by atoms with Gasteiger partial charge in [-0.15, -0.1) is 0 Å². The number of nitrogens with zero attached hydrogens (tertiary/aromatic N) is 1. The zero-order valence-corrected chi connectivity index (χ0v) is 12.8. The van der Waals surface area contributed by atoms with Crippen molar-refractivity contribution in [1.29, 1.82) is 0 Å². The highest BCUT2D eigenvalue weighted by molar-refractivity contribution is 6.48. The molecule has 1 aromatic carbocycles. The molecule has 1 atom stereocenters. The molecule has 0 spiro atoms. The van der Waals surface area contributed by atoms with E-state index in [0.717, 1.165) is 25.9 Å². The van der Waals surface area contributed by atoms with Gasteiger partial charge >= 0.3 is 0 Å². The van der Waals surface area contributed by atoms with Crippen LogP contribution in [0, 0.1) is 0 Å². The Balaban J connectivity index is 2.18. The maximum Gasteiger partial charge on any atom is 0.253 e. The number of carbonyl (C=O) groups is 1. The van der Waals surface area contributed by atoms with E-state index in [0.29, 0.717) is 15.6 Å². The highest BCUT2D eigenvalue weighted by Gasteiger charge is 2.23. The first-order valence-corrected chi connectivity index (χ1v) is 7.26. The molecule has 0 radical (unpaired) electrons. The molecular weight excluding hydrogens is 307 g/mol. The molecule has 19 heavy (non-hydrogen) atoms. The van der Waals surface area contributed by atoms with Crippen molar-refractivity contribution in [2.75, 3.05) is 20.1 Å². The van der Waals surface area contributed by atoms with Crippen LogP contribution in [0.3, 0.4) is 0 Å². The van der Waals surface area contributed by atoms with Gasteiger partial charge in [-0.2, -0.15) is 0 Å². The fourth-order valence-corrected chi connectivity index (χ4v) is 2.81. The summed E-state index contributed by atoms with van der Waals surface area (Å²) in [5.41, 5.74) is 0.465. The van der Waals surface area contributed by atoms with Crippen LogP contribution in [0.4, 0.5) is 0 Å². The predicted molar refractivity (Wildman–Crippen MR) is 79.5 cm³/mol. The average molecular weight is 322 g/mol. The summed E-state index contributed by atoms with van der Waals surface area (Å²) in [7, 11) is 1.80. The molecular formula is C13H15Cl3N2O. The Bertz CT molecular complexity index is 464. The smallest absolute Gasteiger partial charge is 0.253 e. The number of halogens is 3. The van der Waals surface area contributed by atoms with Crippen LogP contribution in [0.15, 0.2) is 12.1 Å². The molecule has 1 aromatic rings. The van der Waals surface area contributed by atoms with Gasteiger partial charge in [0.1, 0.15) is 0 Å². The maximum atomic E-state index is 12.4. The van der Waals surface area contributed by atoms with Gasteiger partial charge in [-0.05, 0) is 31.5 Å². The molecule has 0 aromatic heterocycles. The summed E-state index contributed by atoms with van der Waals surface area (Å²) < 4.78 is 0. The summed E-state index contributed by atoms with van der Waals surface area (Å²) >= 11 is 17.8. The minimum absolute atomic E-state index is 0.0887. The first kappa shape index (κ1) is 14.9. The Morgan fingerprint density at radius 1 is 1.32 bits per heavy atom. The first-order chi connectivity index (χ1) is 9.00. The second-order valence-corrected chi connectivity index (χ2v) is 5.86. The van der Waals surface area contributed by atoms with Gasteiger partial charge in [0.05, 0.1) is 15.1 Å². The van der Waals surface area contributed by atoms with E-state index in [9.17, 15) is 4.79 Å². The first-order valence-electron chi connectivity index (χ1n) is 6.13. The number of likely N-dealkylation sites (N-methyl/N-ethyl adjacent to an activating group) is 1. The number of rotatable bonds is 2. The molecule has 2 rings (SSSR count). The zero-order chi connectivity index (χ0) is 14.0. The average Bonchev–Trinajstić information content (AvgIpc) is 2.43. The van der Waals surface area contributed by atoms with Crippen molar-refractivity contribution in [3.63, 3.8) is 0 Å². The summed E-state index contributed by atoms with van der Waals surface area (Å²) in [4.78, 5) is 14.1. The predicted octanol–water partition coefficient (Wildman–Crippen LogP) is 3.47. The summed E-state index contributed by atoms with van der Waals surface area (Å²) in [6.07, 6.45) is 2.08. The van der Waals surface area contributed by atoms with E-state index in [-0.39, 0.29) is 17.0 Å². The van der Waals surface area contributed by atoms with Crippen LogP contribution in [0.2, 0.25) is 15.1 Å². The van der Waals surface area contributed by atoms with Crippen LogP contribution in [0.25, 0.3) is 0 Å². The van der Waals surface area contributed by atoms with Crippen molar-refractivity contribution in [3.05, 3.63) is 32.8 Å². The van der Waals surface area contributed by atoms with E-state index in [1.54, 1.807) is 24.1 Å². The second-order valence-electron chi connectivity index (χ2n) is 4.67. The summed E-state index contributed by atoms with van der Waals surface area (Å²) in [6.45, 7) is 1.83. The van der Waals surface area contributed by atoms with Crippen LogP contribution in [0.1, 0.15) is 23.2 Å². The van der Waals surface area contributed by atoms with Gasteiger partial charge < -0.3 is 10.2 Å². The molecule has 104 valence electrons. The highest BCUT2D eigenvalue weighted by atomic mass is 35.5. The van der Waals surface area contributed by atoms with E-state index in [1.165, 1.54) is 0 Å². The van der Waals surface area contributed by atoms with Crippen molar-refractivity contribution < 1.29 is 4.79 Å². The van der Waals surface area contributed by atoms with Gasteiger partial charge in [-0.1, -0.05) is 34.8 Å². The molecule has 1 heterocycles. The molecule has 0 bridgehead atoms. The van der Waals surface area contributed by atoms with Crippen LogP contribution < -0.4 is 5.32 Å². The molecule has 3 nitrogen and oxygen atoms in total. The molecule has 1 saturated heterocycles. The van der Waals surface area contributed by atoms with E-state index in [1.807, 2.05) is 0 Å². The van der Waals surface area contributed by atoms with Gasteiger partial charge in [0.2, 0.25) is 0 Å². The van der Waals surface area contributed by atoms with Crippen LogP contribution in [-0.4, -0.2) is 37.0 Å². The van der Waals surface area contributed by atoms with Gasteiger partial charge in [0, 0.05) is 25.2 Å². The number of amides is 1. The van der Waals surface area contributed by atoms with Crippen molar-refractivity contribution in [1.82, 2.24) is 10.2 Å². The Hall–Kier alpha value is -0.480. The van der Waals surface area contributed by atoms with Crippen molar-refractivity contribution in [3.8, 4) is 0 Å². The fourth-order valence-electron chi connectivity index (χ4n) is 2.21. The SMILES string of the molecule is CN(C(=O)c1cc(Cl)c(Cl)c(Cl)c1)[C@H]1CCCNC1. The van der Waals surface area contributed by atoms with Gasteiger partial charge in [0.25, 0.3) is 5.91 Å². The minimum atomic E-state index is -0.0887.